The zero-order valence-electron chi connectivity index (χ0n) is 23.2. The summed E-state index contributed by atoms with van der Waals surface area (Å²) in [5.41, 5.74) is 3.58. The number of likely N-dealkylation sites (N-methyl/N-ethyl adjacent to an activating group) is 1. The van der Waals surface area contributed by atoms with Gasteiger partial charge in [0.2, 0.25) is 5.95 Å². The van der Waals surface area contributed by atoms with Crippen molar-refractivity contribution < 1.29 is 14.6 Å². The minimum atomic E-state index is -0.533. The molecular formula is C28H35Cl2N7O3. The highest BCUT2D eigenvalue weighted by Gasteiger charge is 2.23. The summed E-state index contributed by atoms with van der Waals surface area (Å²) in [6.45, 7) is 7.44. The molecule has 1 saturated heterocycles. The Bertz CT molecular complexity index is 1470. The number of hydrogen-bond acceptors (Lipinski definition) is 9. The van der Waals surface area contributed by atoms with E-state index in [-0.39, 0.29) is 0 Å². The number of nitrogens with zero attached hydrogens (tertiary/aromatic N) is 6. The van der Waals surface area contributed by atoms with E-state index in [1.54, 1.807) is 33.4 Å². The van der Waals surface area contributed by atoms with Crippen LogP contribution in [0.25, 0.3) is 27.8 Å². The summed E-state index contributed by atoms with van der Waals surface area (Å²) < 4.78 is 13.0. The lowest BCUT2D eigenvalue weighted by Crippen LogP contribution is -2.44. The number of hydrogen-bond donors (Lipinski definition) is 2. The van der Waals surface area contributed by atoms with Gasteiger partial charge < -0.3 is 29.7 Å². The van der Waals surface area contributed by atoms with Crippen molar-refractivity contribution in [2.24, 2.45) is 0 Å². The number of halogens is 2. The van der Waals surface area contributed by atoms with Crippen molar-refractivity contribution in [3.63, 3.8) is 0 Å². The number of piperazine rings is 1. The van der Waals surface area contributed by atoms with E-state index < -0.39 is 6.10 Å². The highest BCUT2D eigenvalue weighted by Crippen LogP contribution is 2.47. The normalized spacial score (nSPS) is 15.6. The molecule has 0 spiro atoms. The molecule has 4 heterocycles. The van der Waals surface area contributed by atoms with Gasteiger partial charge >= 0.3 is 0 Å². The van der Waals surface area contributed by atoms with Crippen molar-refractivity contribution in [1.82, 2.24) is 29.2 Å². The van der Waals surface area contributed by atoms with Crippen LogP contribution >= 0.6 is 23.2 Å². The lowest BCUT2D eigenvalue weighted by molar-refractivity contribution is 0.153. The fourth-order valence-corrected chi connectivity index (χ4v) is 5.69. The van der Waals surface area contributed by atoms with Crippen LogP contribution in [0.3, 0.4) is 0 Å². The topological polar surface area (TPSA) is 100 Å². The number of anilines is 1. The molecular weight excluding hydrogens is 553 g/mol. The molecule has 10 nitrogen and oxygen atoms in total. The minimum absolute atomic E-state index is 0.336. The van der Waals surface area contributed by atoms with E-state index in [0.717, 1.165) is 62.2 Å². The first kappa shape index (κ1) is 28.6. The van der Waals surface area contributed by atoms with Crippen LogP contribution in [0.1, 0.15) is 19.0 Å². The van der Waals surface area contributed by atoms with Gasteiger partial charge in [-0.3, -0.25) is 4.40 Å². The molecule has 1 fully saturated rings. The van der Waals surface area contributed by atoms with Gasteiger partial charge in [0.15, 0.2) is 5.65 Å². The Kier molecular flexibility index (Phi) is 8.82. The number of methoxy groups -OCH3 is 2. The standard InChI is InChI=1S/C28H35Cl2N7O3/c1-17(38)14-31-28-32-15-18-12-20(23-24(29)21(39-3)13-22(40-4)25(23)30)27-33-19(16-37(27)26(18)34-28)6-5-7-36-10-8-35(2)9-11-36/h12-13,15-17,38H,5-11,14H2,1-4H3,(H,31,32,34). The Balaban J connectivity index is 1.59. The first-order valence-electron chi connectivity index (χ1n) is 13.4. The molecule has 1 aliphatic heterocycles. The second-order valence-corrected chi connectivity index (χ2v) is 11.0. The molecule has 2 N–H and O–H groups in total. The smallest absolute Gasteiger partial charge is 0.224 e. The molecule has 0 bridgehead atoms. The van der Waals surface area contributed by atoms with Crippen molar-refractivity contribution in [2.45, 2.75) is 25.9 Å². The van der Waals surface area contributed by atoms with E-state index in [4.69, 9.17) is 42.6 Å². The molecule has 214 valence electrons. The van der Waals surface area contributed by atoms with Gasteiger partial charge in [-0.2, -0.15) is 4.98 Å². The number of rotatable bonds is 10. The third-order valence-electron chi connectivity index (χ3n) is 7.22. The summed E-state index contributed by atoms with van der Waals surface area (Å²) >= 11 is 13.7. The maximum atomic E-state index is 9.71. The number of benzene rings is 1. The molecule has 0 saturated carbocycles. The number of pyridine rings is 1. The molecule has 12 heteroatoms. The van der Waals surface area contributed by atoms with E-state index in [0.29, 0.717) is 50.9 Å². The number of aryl methyl sites for hydroxylation is 1. The van der Waals surface area contributed by atoms with Crippen LogP contribution in [0.2, 0.25) is 10.0 Å². The van der Waals surface area contributed by atoms with Crippen molar-refractivity contribution in [1.29, 1.82) is 0 Å². The number of aliphatic hydroxyl groups is 1. The number of fused-ring (bicyclic) bond motifs is 3. The Morgan fingerprint density at radius 1 is 1.02 bits per heavy atom. The van der Waals surface area contributed by atoms with Crippen LogP contribution in [0.4, 0.5) is 5.95 Å². The fourth-order valence-electron chi connectivity index (χ4n) is 4.98. The minimum Gasteiger partial charge on any atom is -0.495 e. The number of ether oxygens (including phenoxy) is 2. The zero-order valence-corrected chi connectivity index (χ0v) is 24.8. The highest BCUT2D eigenvalue weighted by atomic mass is 35.5. The molecule has 0 aliphatic carbocycles. The van der Waals surface area contributed by atoms with Crippen molar-refractivity contribution in [3.05, 3.63) is 40.3 Å². The average Bonchev–Trinajstić information content (AvgIpc) is 3.38. The van der Waals surface area contributed by atoms with E-state index in [2.05, 4.69) is 27.1 Å². The number of nitrogens with one attached hydrogen (secondary N) is 1. The lowest BCUT2D eigenvalue weighted by atomic mass is 10.0. The summed E-state index contributed by atoms with van der Waals surface area (Å²) in [5.74, 6) is 1.32. The SMILES string of the molecule is COc1cc(OC)c(Cl)c(-c2cc3cnc(NCC(C)O)nc3n3cc(CCCN4CCN(C)CC4)nc23)c1Cl. The third kappa shape index (κ3) is 5.91. The van der Waals surface area contributed by atoms with Gasteiger partial charge in [-0.05, 0) is 39.4 Å². The summed E-state index contributed by atoms with van der Waals surface area (Å²) in [6, 6.07) is 3.61. The van der Waals surface area contributed by atoms with Gasteiger partial charge in [0.1, 0.15) is 17.1 Å². The van der Waals surface area contributed by atoms with E-state index in [1.165, 1.54) is 0 Å². The van der Waals surface area contributed by atoms with E-state index in [1.807, 2.05) is 16.7 Å². The van der Waals surface area contributed by atoms with Crippen LogP contribution in [0.15, 0.2) is 24.5 Å². The molecule has 40 heavy (non-hydrogen) atoms. The van der Waals surface area contributed by atoms with Crippen molar-refractivity contribution in [3.8, 4) is 22.6 Å². The van der Waals surface area contributed by atoms with Gasteiger partial charge in [0.25, 0.3) is 0 Å². The summed E-state index contributed by atoms with van der Waals surface area (Å²) in [6.07, 6.45) is 5.04. The van der Waals surface area contributed by atoms with Gasteiger partial charge in [0.05, 0.1) is 36.1 Å². The molecule has 0 radical (unpaired) electrons. The van der Waals surface area contributed by atoms with Crippen LogP contribution in [-0.2, 0) is 6.42 Å². The van der Waals surface area contributed by atoms with Crippen LogP contribution < -0.4 is 14.8 Å². The Hall–Kier alpha value is -2.89. The summed E-state index contributed by atoms with van der Waals surface area (Å²) in [4.78, 5) is 19.1. The van der Waals surface area contributed by atoms with E-state index in [9.17, 15) is 5.11 Å². The monoisotopic (exact) mass is 587 g/mol. The van der Waals surface area contributed by atoms with Gasteiger partial charge in [-0.25, -0.2) is 9.97 Å². The molecule has 4 aromatic rings. The lowest BCUT2D eigenvalue weighted by Gasteiger charge is -2.32. The Labute approximate surface area is 243 Å². The summed E-state index contributed by atoms with van der Waals surface area (Å²) in [5, 5.41) is 14.3. The quantitative estimate of drug-likeness (QED) is 0.282. The van der Waals surface area contributed by atoms with Crippen LogP contribution in [0.5, 0.6) is 11.5 Å². The number of aromatic nitrogens is 4. The largest absolute Gasteiger partial charge is 0.495 e. The van der Waals surface area contributed by atoms with Crippen molar-refractivity contribution >= 4 is 45.8 Å². The second kappa shape index (κ2) is 12.3. The van der Waals surface area contributed by atoms with E-state index >= 15 is 0 Å². The van der Waals surface area contributed by atoms with Gasteiger partial charge in [-0.15, -0.1) is 0 Å². The first-order valence-corrected chi connectivity index (χ1v) is 14.2. The Morgan fingerprint density at radius 2 is 1.73 bits per heavy atom. The molecule has 1 aliphatic rings. The molecule has 5 rings (SSSR count). The average molecular weight is 589 g/mol. The molecule has 3 aromatic heterocycles. The van der Waals surface area contributed by atoms with Gasteiger partial charge in [0, 0.05) is 67.7 Å². The molecule has 1 atom stereocenters. The second-order valence-electron chi connectivity index (χ2n) is 10.2. The predicted octanol–water partition coefficient (Wildman–Crippen LogP) is 4.24. The zero-order chi connectivity index (χ0) is 28.4. The fraction of sp³-hybridized carbons (Fsp3) is 0.464. The summed E-state index contributed by atoms with van der Waals surface area (Å²) in [7, 11) is 5.27. The molecule has 0 amide bonds. The Morgan fingerprint density at radius 3 is 2.38 bits per heavy atom. The molecule has 1 aromatic carbocycles. The highest BCUT2D eigenvalue weighted by molar-refractivity contribution is 6.41. The van der Waals surface area contributed by atoms with Gasteiger partial charge in [-0.1, -0.05) is 23.2 Å². The van der Waals surface area contributed by atoms with Crippen LogP contribution in [0, 0.1) is 0 Å². The number of aliphatic hydroxyl groups excluding tert-OH is 1. The maximum absolute atomic E-state index is 9.71. The maximum Gasteiger partial charge on any atom is 0.224 e. The third-order valence-corrected chi connectivity index (χ3v) is 7.97. The predicted molar refractivity (Wildman–Crippen MR) is 159 cm³/mol. The van der Waals surface area contributed by atoms with Crippen molar-refractivity contribution in [2.75, 3.05) is 65.9 Å². The van der Waals surface area contributed by atoms with Crippen LogP contribution in [-0.4, -0.2) is 101 Å². The number of imidazole rings is 1. The first-order chi connectivity index (χ1) is 19.3. The molecule has 1 unspecified atom stereocenters.